The molecule has 0 spiro atoms. The molecule has 3 saturated heterocycles. The number of hydrogen-bond acceptors (Lipinski definition) is 9. The molecule has 9 heteroatoms. The van der Waals surface area contributed by atoms with Crippen molar-refractivity contribution in [2.75, 3.05) is 65.4 Å². The van der Waals surface area contributed by atoms with Crippen molar-refractivity contribution in [2.24, 2.45) is 17.8 Å². The Kier molecular flexibility index (Phi) is 21.3. The van der Waals surface area contributed by atoms with Crippen molar-refractivity contribution < 1.29 is 19.0 Å². The normalized spacial score (nSPS) is 28.4. The van der Waals surface area contributed by atoms with Gasteiger partial charge in [0.15, 0.2) is 0 Å². The molecule has 3 fully saturated rings. The summed E-state index contributed by atoms with van der Waals surface area (Å²) >= 11 is 0. The van der Waals surface area contributed by atoms with E-state index in [1.54, 1.807) is 0 Å². The fourth-order valence-corrected chi connectivity index (χ4v) is 6.40. The third-order valence-corrected chi connectivity index (χ3v) is 8.83. The van der Waals surface area contributed by atoms with Crippen molar-refractivity contribution in [1.82, 2.24) is 26.6 Å². The van der Waals surface area contributed by atoms with E-state index in [1.165, 1.54) is 32.1 Å². The minimum Gasteiger partial charge on any atom is -0.372 e. The standard InChI is InChI=1S/C26H54N4O2.C10H19NO2/c1-6-13-27-17-23-8-9-24(31-23)18-28-14-7-11-26(20-30-16-22(4)5)12-10-25(32-26)19-29-15-21(2)3;1-8(2)5-11-6-9-3-4-10(7-12)13-9/h21-25,27-30H,6-20H2,1-5H3;7-11H,3-6H2,1-2H3/t23-,24+,25-,26+;9-,10+/m01/s1. The smallest absolute Gasteiger partial charge is 0.148 e. The second-order valence-electron chi connectivity index (χ2n) is 15.1. The fraction of sp³-hybridized carbons (Fsp3) is 0.972. The number of carbonyl (C=O) groups excluding carboxylic acids is 1. The Morgan fingerprint density at radius 2 is 1.20 bits per heavy atom. The van der Waals surface area contributed by atoms with Crippen molar-refractivity contribution in [3.63, 3.8) is 0 Å². The Hall–Kier alpha value is -0.650. The van der Waals surface area contributed by atoms with Gasteiger partial charge in [-0.15, -0.1) is 0 Å². The molecule has 9 nitrogen and oxygen atoms in total. The molecule has 45 heavy (non-hydrogen) atoms. The predicted molar refractivity (Wildman–Crippen MR) is 187 cm³/mol. The highest BCUT2D eigenvalue weighted by atomic mass is 16.5. The third-order valence-electron chi connectivity index (χ3n) is 8.83. The number of carbonyl (C=O) groups is 1. The maximum atomic E-state index is 10.4. The molecule has 3 aliphatic rings. The second-order valence-corrected chi connectivity index (χ2v) is 15.1. The van der Waals surface area contributed by atoms with E-state index in [9.17, 15) is 4.79 Å². The Morgan fingerprint density at radius 1 is 0.667 bits per heavy atom. The average Bonchev–Trinajstić information content (AvgIpc) is 3.74. The first-order valence-electron chi connectivity index (χ1n) is 18.6. The minimum atomic E-state index is -0.147. The lowest BCUT2D eigenvalue weighted by Crippen LogP contribution is -2.43. The summed E-state index contributed by atoms with van der Waals surface area (Å²) in [4.78, 5) is 10.4. The van der Waals surface area contributed by atoms with Gasteiger partial charge < -0.3 is 45.6 Å². The highest BCUT2D eigenvalue weighted by Gasteiger charge is 2.39. The van der Waals surface area contributed by atoms with Crippen LogP contribution in [-0.2, 0) is 19.0 Å². The van der Waals surface area contributed by atoms with Crippen molar-refractivity contribution >= 4 is 6.29 Å². The van der Waals surface area contributed by atoms with E-state index in [0.29, 0.717) is 36.1 Å². The topological polar surface area (TPSA) is 105 Å². The molecular formula is C36H73N5O4. The maximum Gasteiger partial charge on any atom is 0.148 e. The summed E-state index contributed by atoms with van der Waals surface area (Å²) < 4.78 is 18.3. The van der Waals surface area contributed by atoms with Crippen LogP contribution in [0.3, 0.4) is 0 Å². The van der Waals surface area contributed by atoms with Gasteiger partial charge in [0, 0.05) is 32.7 Å². The maximum absolute atomic E-state index is 10.4. The van der Waals surface area contributed by atoms with Gasteiger partial charge in [-0.2, -0.15) is 0 Å². The van der Waals surface area contributed by atoms with Crippen LogP contribution in [0.2, 0.25) is 0 Å². The molecule has 0 bridgehead atoms. The molecule has 3 heterocycles. The Labute approximate surface area is 277 Å². The van der Waals surface area contributed by atoms with Crippen LogP contribution in [0.4, 0.5) is 0 Å². The van der Waals surface area contributed by atoms with Crippen molar-refractivity contribution in [1.29, 1.82) is 0 Å². The summed E-state index contributed by atoms with van der Waals surface area (Å²) in [6.07, 6.45) is 12.2. The summed E-state index contributed by atoms with van der Waals surface area (Å²) in [5, 5.41) is 17.7. The molecule has 0 saturated carbocycles. The zero-order chi connectivity index (χ0) is 32.9. The van der Waals surface area contributed by atoms with Crippen LogP contribution in [0.25, 0.3) is 0 Å². The molecule has 5 N–H and O–H groups in total. The van der Waals surface area contributed by atoms with Gasteiger partial charge in [0.25, 0.3) is 0 Å². The van der Waals surface area contributed by atoms with Crippen molar-refractivity contribution in [3.8, 4) is 0 Å². The lowest BCUT2D eigenvalue weighted by Gasteiger charge is -2.31. The minimum absolute atomic E-state index is 0.000643. The first kappa shape index (κ1) is 40.5. The van der Waals surface area contributed by atoms with Gasteiger partial charge >= 0.3 is 0 Å². The molecule has 0 radical (unpaired) electrons. The van der Waals surface area contributed by atoms with Gasteiger partial charge in [-0.3, -0.25) is 0 Å². The number of rotatable bonds is 23. The molecular weight excluding hydrogens is 566 g/mol. The summed E-state index contributed by atoms with van der Waals surface area (Å²) in [6, 6.07) is 0. The highest BCUT2D eigenvalue weighted by molar-refractivity contribution is 5.56. The number of hydrogen-bond donors (Lipinski definition) is 5. The SMILES string of the molecule is CC(C)CNC[C@H]1CC[C@@H](C=O)O1.CCCNC[C@@H]1CC[C@H](CNCCC[C@]2(CNCC(C)C)CC[C@@H](CNCC(C)C)O2)O1. The van der Waals surface area contributed by atoms with Crippen molar-refractivity contribution in [2.45, 2.75) is 142 Å². The number of ether oxygens (including phenoxy) is 3. The highest BCUT2D eigenvalue weighted by Crippen LogP contribution is 2.34. The van der Waals surface area contributed by atoms with Crippen molar-refractivity contribution in [3.05, 3.63) is 0 Å². The summed E-state index contributed by atoms with van der Waals surface area (Å²) in [7, 11) is 0. The molecule has 0 aromatic rings. The van der Waals surface area contributed by atoms with E-state index in [2.05, 4.69) is 75.1 Å². The molecule has 0 aromatic carbocycles. The molecule has 0 aromatic heterocycles. The van der Waals surface area contributed by atoms with E-state index < -0.39 is 0 Å². The molecule has 0 aliphatic carbocycles. The average molecular weight is 640 g/mol. The van der Waals surface area contributed by atoms with Crippen LogP contribution in [0, 0.1) is 17.8 Å². The predicted octanol–water partition coefficient (Wildman–Crippen LogP) is 4.29. The van der Waals surface area contributed by atoms with E-state index in [1.807, 2.05) is 0 Å². The molecule has 0 unspecified atom stereocenters. The van der Waals surface area contributed by atoms with Crippen LogP contribution < -0.4 is 26.6 Å². The fourth-order valence-electron chi connectivity index (χ4n) is 6.40. The third kappa shape index (κ3) is 18.5. The van der Waals surface area contributed by atoms with Crippen LogP contribution in [0.1, 0.15) is 106 Å². The van der Waals surface area contributed by atoms with E-state index in [0.717, 1.165) is 97.4 Å². The molecule has 0 amide bonds. The van der Waals surface area contributed by atoms with Crippen LogP contribution >= 0.6 is 0 Å². The quantitative estimate of drug-likeness (QED) is 0.0828. The summed E-state index contributed by atoms with van der Waals surface area (Å²) in [5.41, 5.74) is 0.000643. The summed E-state index contributed by atoms with van der Waals surface area (Å²) in [5.74, 6) is 2.03. The van der Waals surface area contributed by atoms with Gasteiger partial charge in [-0.05, 0) is 108 Å². The number of nitrogens with one attached hydrogen (secondary N) is 5. The molecule has 3 aliphatic heterocycles. The van der Waals surface area contributed by atoms with Gasteiger partial charge in [-0.25, -0.2) is 0 Å². The van der Waals surface area contributed by atoms with Crippen LogP contribution in [-0.4, -0.2) is 108 Å². The van der Waals surface area contributed by atoms with Gasteiger partial charge in [-0.1, -0.05) is 48.5 Å². The van der Waals surface area contributed by atoms with Crippen LogP contribution in [0.5, 0.6) is 0 Å². The van der Waals surface area contributed by atoms with E-state index in [4.69, 9.17) is 14.2 Å². The van der Waals surface area contributed by atoms with Gasteiger partial charge in [0.2, 0.25) is 0 Å². The van der Waals surface area contributed by atoms with Crippen LogP contribution in [0.15, 0.2) is 0 Å². The Balaban J connectivity index is 0.000000452. The molecule has 6 atom stereocenters. The van der Waals surface area contributed by atoms with E-state index >= 15 is 0 Å². The molecule has 3 rings (SSSR count). The van der Waals surface area contributed by atoms with Gasteiger partial charge in [0.1, 0.15) is 12.4 Å². The zero-order valence-corrected chi connectivity index (χ0v) is 30.3. The monoisotopic (exact) mass is 640 g/mol. The number of aldehydes is 1. The first-order chi connectivity index (χ1) is 21.6. The second kappa shape index (κ2) is 23.6. The Morgan fingerprint density at radius 3 is 1.78 bits per heavy atom. The largest absolute Gasteiger partial charge is 0.372 e. The summed E-state index contributed by atoms with van der Waals surface area (Å²) in [6.45, 7) is 25.7. The zero-order valence-electron chi connectivity index (χ0n) is 30.3. The first-order valence-corrected chi connectivity index (χ1v) is 18.6. The van der Waals surface area contributed by atoms with Gasteiger partial charge in [0.05, 0.1) is 30.0 Å². The lowest BCUT2D eigenvalue weighted by molar-refractivity contribution is -0.117. The van der Waals surface area contributed by atoms with E-state index in [-0.39, 0.29) is 17.8 Å². The lowest BCUT2D eigenvalue weighted by atomic mass is 9.93. The molecule has 266 valence electrons. The Bertz CT molecular complexity index is 742.